The lowest BCUT2D eigenvalue weighted by atomic mass is 10.6. The third kappa shape index (κ3) is 3.58. The minimum absolute atomic E-state index is 0.651. The van der Waals surface area contributed by atoms with Gasteiger partial charge in [-0.05, 0) is 20.6 Å². The maximum atomic E-state index is 3.95. The van der Waals surface area contributed by atoms with Crippen molar-refractivity contribution in [2.45, 2.75) is 13.8 Å². The number of hydrogen-bond donors (Lipinski definition) is 0. The van der Waals surface area contributed by atoms with Crippen molar-refractivity contribution >= 4 is 18.4 Å². The summed E-state index contributed by atoms with van der Waals surface area (Å²) in [6.45, 7) is 6.91. The zero-order valence-electron chi connectivity index (χ0n) is 6.05. The van der Waals surface area contributed by atoms with E-state index < -0.39 is 0 Å². The van der Waals surface area contributed by atoms with Gasteiger partial charge in [-0.1, -0.05) is 0 Å². The second-order valence-electron chi connectivity index (χ2n) is 1.59. The average Bonchev–Trinajstić information content (AvgIpc) is 1.87. The lowest BCUT2D eigenvalue weighted by molar-refractivity contribution is 1.37. The van der Waals surface area contributed by atoms with Crippen molar-refractivity contribution in [1.82, 2.24) is 0 Å². The highest BCUT2D eigenvalue weighted by Gasteiger charge is 1.83. The molecule has 0 aliphatic carbocycles. The van der Waals surface area contributed by atoms with Gasteiger partial charge in [-0.3, -0.25) is 4.99 Å². The van der Waals surface area contributed by atoms with E-state index in [-0.39, 0.29) is 0 Å². The largest absolute Gasteiger partial charge is 0.274 e. The third-order valence-corrected chi connectivity index (χ3v) is 0.876. The molecular weight excluding hydrogens is 114 g/mol. The van der Waals surface area contributed by atoms with E-state index in [1.807, 2.05) is 6.92 Å². The molecule has 0 amide bonds. The van der Waals surface area contributed by atoms with E-state index in [0.29, 0.717) is 5.84 Å². The van der Waals surface area contributed by atoms with Crippen LogP contribution >= 0.6 is 0 Å². The van der Waals surface area contributed by atoms with Crippen LogP contribution in [0.2, 0.25) is 0 Å². The molecule has 0 N–H and O–H groups in total. The fraction of sp³-hybridized carbons (Fsp3) is 0.500. The number of nitrogens with zero attached hydrogens (tertiary/aromatic N) is 3. The molecule has 3 heteroatoms. The zero-order valence-corrected chi connectivity index (χ0v) is 6.05. The smallest absolute Gasteiger partial charge is 0.126 e. The Balaban J connectivity index is 4.11. The molecule has 0 radical (unpaired) electrons. The first kappa shape index (κ1) is 8.01. The minimum atomic E-state index is 0.651. The Bertz CT molecular complexity index is 156. The van der Waals surface area contributed by atoms with Gasteiger partial charge in [-0.25, -0.2) is 9.98 Å². The van der Waals surface area contributed by atoms with E-state index in [2.05, 4.69) is 21.7 Å². The van der Waals surface area contributed by atoms with Gasteiger partial charge in [-0.2, -0.15) is 0 Å². The normalized spacial score (nSPS) is 13.7. The fourth-order valence-corrected chi connectivity index (χ4v) is 0.320. The highest BCUT2D eigenvalue weighted by molar-refractivity contribution is 5.96. The molecule has 0 bridgehead atoms. The van der Waals surface area contributed by atoms with Crippen LogP contribution in [0.1, 0.15) is 13.8 Å². The van der Waals surface area contributed by atoms with Gasteiger partial charge in [-0.15, -0.1) is 0 Å². The van der Waals surface area contributed by atoms with Crippen LogP contribution in [0.4, 0.5) is 0 Å². The molecule has 0 heterocycles. The zero-order chi connectivity index (χ0) is 7.28. The maximum absolute atomic E-state index is 3.95. The van der Waals surface area contributed by atoms with E-state index >= 15 is 0 Å². The predicted molar refractivity (Wildman–Crippen MR) is 41.7 cm³/mol. The topological polar surface area (TPSA) is 37.1 Å². The lowest BCUT2D eigenvalue weighted by Crippen LogP contribution is -1.91. The van der Waals surface area contributed by atoms with Gasteiger partial charge in [0.15, 0.2) is 0 Å². The molecule has 0 aliphatic rings. The molecule has 9 heavy (non-hydrogen) atoms. The number of amidine groups is 2. The van der Waals surface area contributed by atoms with Crippen molar-refractivity contribution in [1.29, 1.82) is 0 Å². The monoisotopic (exact) mass is 125 g/mol. The minimum Gasteiger partial charge on any atom is -0.274 e. The predicted octanol–water partition coefficient (Wildman–Crippen LogP) is 1.15. The van der Waals surface area contributed by atoms with E-state index in [1.54, 1.807) is 14.0 Å². The summed E-state index contributed by atoms with van der Waals surface area (Å²) in [4.78, 5) is 11.4. The van der Waals surface area contributed by atoms with Crippen molar-refractivity contribution in [3.63, 3.8) is 0 Å². The van der Waals surface area contributed by atoms with Crippen LogP contribution in [0.15, 0.2) is 15.0 Å². The van der Waals surface area contributed by atoms with Crippen LogP contribution in [-0.4, -0.2) is 25.4 Å². The van der Waals surface area contributed by atoms with E-state index in [0.717, 1.165) is 5.84 Å². The summed E-state index contributed by atoms with van der Waals surface area (Å²) in [5.74, 6) is 1.37. The summed E-state index contributed by atoms with van der Waals surface area (Å²) in [7, 11) is 1.69. The Labute approximate surface area is 55.2 Å². The van der Waals surface area contributed by atoms with Crippen molar-refractivity contribution < 1.29 is 0 Å². The summed E-state index contributed by atoms with van der Waals surface area (Å²) >= 11 is 0. The van der Waals surface area contributed by atoms with Gasteiger partial charge in [0, 0.05) is 7.05 Å². The van der Waals surface area contributed by atoms with Crippen molar-refractivity contribution in [3.8, 4) is 0 Å². The van der Waals surface area contributed by atoms with Crippen molar-refractivity contribution in [2.75, 3.05) is 7.05 Å². The van der Waals surface area contributed by atoms with Crippen LogP contribution < -0.4 is 0 Å². The van der Waals surface area contributed by atoms with E-state index in [9.17, 15) is 0 Å². The molecule has 0 spiro atoms. The van der Waals surface area contributed by atoms with Gasteiger partial charge in [0.1, 0.15) is 11.7 Å². The summed E-state index contributed by atoms with van der Waals surface area (Å²) in [5, 5.41) is 0. The lowest BCUT2D eigenvalue weighted by Gasteiger charge is -1.88. The Morgan fingerprint density at radius 1 is 1.22 bits per heavy atom. The summed E-state index contributed by atoms with van der Waals surface area (Å²) in [6.07, 6.45) is 0. The number of hydrogen-bond acceptors (Lipinski definition) is 1. The molecule has 3 nitrogen and oxygen atoms in total. The van der Waals surface area contributed by atoms with Crippen molar-refractivity contribution in [2.24, 2.45) is 15.0 Å². The second-order valence-corrected chi connectivity index (χ2v) is 1.59. The molecule has 0 rings (SSSR count). The van der Waals surface area contributed by atoms with Crippen LogP contribution in [0.3, 0.4) is 0 Å². The third-order valence-electron chi connectivity index (χ3n) is 0.876. The molecule has 0 aromatic heterocycles. The second kappa shape index (κ2) is 3.95. The van der Waals surface area contributed by atoms with Gasteiger partial charge in [0.2, 0.25) is 0 Å². The summed E-state index contributed by atoms with van der Waals surface area (Å²) in [5.41, 5.74) is 0. The quantitative estimate of drug-likeness (QED) is 0.344. The van der Waals surface area contributed by atoms with Gasteiger partial charge < -0.3 is 0 Å². The Morgan fingerprint density at radius 2 is 1.78 bits per heavy atom. The molecule has 0 aromatic rings. The molecule has 0 aromatic carbocycles. The molecule has 0 atom stereocenters. The van der Waals surface area contributed by atoms with Gasteiger partial charge in [0.25, 0.3) is 0 Å². The number of aliphatic imine (C=N–C) groups is 3. The van der Waals surface area contributed by atoms with Crippen LogP contribution in [0, 0.1) is 0 Å². The van der Waals surface area contributed by atoms with E-state index in [1.165, 1.54) is 0 Å². The molecule has 50 valence electrons. The van der Waals surface area contributed by atoms with Crippen LogP contribution in [-0.2, 0) is 0 Å². The SMILES string of the molecule is C=NC(C)=NC(C)=NC. The van der Waals surface area contributed by atoms with E-state index in [4.69, 9.17) is 0 Å². The fourth-order valence-electron chi connectivity index (χ4n) is 0.320. The molecule has 0 unspecified atom stereocenters. The molecule has 0 saturated heterocycles. The summed E-state index contributed by atoms with van der Waals surface area (Å²) in [6, 6.07) is 0. The molecule has 0 aliphatic heterocycles. The Morgan fingerprint density at radius 3 is 2.11 bits per heavy atom. The van der Waals surface area contributed by atoms with Gasteiger partial charge in [0.05, 0.1) is 0 Å². The highest BCUT2D eigenvalue weighted by atomic mass is 15.0. The van der Waals surface area contributed by atoms with Crippen molar-refractivity contribution in [3.05, 3.63) is 0 Å². The molecular formula is C6H11N3. The standard InChI is InChI=1S/C6H11N3/c1-5(7-3)9-6(2)8-4/h3H2,1-2,4H3. The first-order chi connectivity index (χ1) is 4.20. The first-order valence-corrected chi connectivity index (χ1v) is 2.66. The Kier molecular flexibility index (Phi) is 3.51. The Hall–Kier alpha value is -0.990. The van der Waals surface area contributed by atoms with Crippen LogP contribution in [0.5, 0.6) is 0 Å². The molecule has 0 saturated carbocycles. The van der Waals surface area contributed by atoms with Gasteiger partial charge >= 0.3 is 0 Å². The molecule has 0 fully saturated rings. The van der Waals surface area contributed by atoms with Crippen LogP contribution in [0.25, 0.3) is 0 Å². The maximum Gasteiger partial charge on any atom is 0.126 e. The first-order valence-electron chi connectivity index (χ1n) is 2.66. The average molecular weight is 125 g/mol. The highest BCUT2D eigenvalue weighted by Crippen LogP contribution is 1.81. The number of rotatable bonds is 0. The summed E-state index contributed by atoms with van der Waals surface area (Å²) < 4.78 is 0.